The van der Waals surface area contributed by atoms with Crippen molar-refractivity contribution in [3.8, 4) is 0 Å². The molecule has 0 N–H and O–H groups in total. The van der Waals surface area contributed by atoms with Gasteiger partial charge in [-0.25, -0.2) is 4.98 Å². The van der Waals surface area contributed by atoms with Gasteiger partial charge in [0, 0.05) is 25.0 Å². The molecule has 0 unspecified atom stereocenters. The standard InChI is InChI=1S/C12H14N2O2/c1-2-16-12(15)6-4-10-3-5-11-13-7-8-14(11)9-10/h3,5,7-9H,2,4,6H2,1H3. The third-order valence-corrected chi connectivity index (χ3v) is 2.37. The van der Waals surface area contributed by atoms with Crippen molar-refractivity contribution in [2.75, 3.05) is 6.61 Å². The number of hydrogen-bond donors (Lipinski definition) is 0. The summed E-state index contributed by atoms with van der Waals surface area (Å²) >= 11 is 0. The first-order valence-electron chi connectivity index (χ1n) is 5.37. The molecule has 0 aliphatic heterocycles. The van der Waals surface area contributed by atoms with Crippen molar-refractivity contribution in [2.45, 2.75) is 19.8 Å². The van der Waals surface area contributed by atoms with Gasteiger partial charge in [0.25, 0.3) is 0 Å². The van der Waals surface area contributed by atoms with Gasteiger partial charge in [-0.1, -0.05) is 6.07 Å². The monoisotopic (exact) mass is 218 g/mol. The van der Waals surface area contributed by atoms with Gasteiger partial charge in [-0.15, -0.1) is 0 Å². The number of imidazole rings is 1. The number of aromatic nitrogens is 2. The van der Waals surface area contributed by atoms with E-state index in [2.05, 4.69) is 4.98 Å². The van der Waals surface area contributed by atoms with Crippen LogP contribution in [-0.4, -0.2) is 22.0 Å². The maximum absolute atomic E-state index is 11.2. The topological polar surface area (TPSA) is 43.6 Å². The Labute approximate surface area is 93.9 Å². The lowest BCUT2D eigenvalue weighted by Gasteiger charge is -2.02. The van der Waals surface area contributed by atoms with Gasteiger partial charge in [-0.3, -0.25) is 4.79 Å². The van der Waals surface area contributed by atoms with Crippen LogP contribution in [0.25, 0.3) is 5.65 Å². The Morgan fingerprint density at radius 2 is 2.38 bits per heavy atom. The quantitative estimate of drug-likeness (QED) is 0.735. The summed E-state index contributed by atoms with van der Waals surface area (Å²) in [6, 6.07) is 3.93. The SMILES string of the molecule is CCOC(=O)CCc1ccc2nccn2c1. The molecule has 2 aromatic heterocycles. The first-order chi connectivity index (χ1) is 7.79. The number of ether oxygens (including phenoxy) is 1. The van der Waals surface area contributed by atoms with Crippen LogP contribution in [0.1, 0.15) is 18.9 Å². The molecule has 4 nitrogen and oxygen atoms in total. The van der Waals surface area contributed by atoms with E-state index in [1.165, 1.54) is 0 Å². The van der Waals surface area contributed by atoms with E-state index in [1.807, 2.05) is 35.9 Å². The van der Waals surface area contributed by atoms with Crippen molar-refractivity contribution in [2.24, 2.45) is 0 Å². The van der Waals surface area contributed by atoms with Crippen LogP contribution >= 0.6 is 0 Å². The zero-order valence-corrected chi connectivity index (χ0v) is 9.22. The summed E-state index contributed by atoms with van der Waals surface area (Å²) in [4.78, 5) is 15.3. The van der Waals surface area contributed by atoms with E-state index in [0.29, 0.717) is 19.4 Å². The second kappa shape index (κ2) is 4.79. The molecule has 0 radical (unpaired) electrons. The molecule has 2 rings (SSSR count). The number of nitrogens with zero attached hydrogens (tertiary/aromatic N) is 2. The molecule has 0 amide bonds. The fourth-order valence-corrected chi connectivity index (χ4v) is 1.59. The van der Waals surface area contributed by atoms with E-state index in [1.54, 1.807) is 6.20 Å². The molecule has 2 heterocycles. The van der Waals surface area contributed by atoms with Crippen LogP contribution in [0, 0.1) is 0 Å². The third kappa shape index (κ3) is 2.39. The molecule has 16 heavy (non-hydrogen) atoms. The zero-order chi connectivity index (χ0) is 11.4. The minimum Gasteiger partial charge on any atom is -0.466 e. The first kappa shape index (κ1) is 10.7. The van der Waals surface area contributed by atoms with E-state index in [4.69, 9.17) is 4.74 Å². The van der Waals surface area contributed by atoms with Gasteiger partial charge in [0.15, 0.2) is 0 Å². The summed E-state index contributed by atoms with van der Waals surface area (Å²) in [5.41, 5.74) is 2.03. The summed E-state index contributed by atoms with van der Waals surface area (Å²) in [6.45, 7) is 2.26. The highest BCUT2D eigenvalue weighted by molar-refractivity contribution is 5.69. The lowest BCUT2D eigenvalue weighted by atomic mass is 10.1. The van der Waals surface area contributed by atoms with Crippen LogP contribution < -0.4 is 0 Å². The van der Waals surface area contributed by atoms with E-state index in [0.717, 1.165) is 11.2 Å². The van der Waals surface area contributed by atoms with E-state index in [-0.39, 0.29) is 5.97 Å². The average molecular weight is 218 g/mol. The summed E-state index contributed by atoms with van der Waals surface area (Å²) in [6.07, 6.45) is 6.76. The van der Waals surface area contributed by atoms with Crippen molar-refractivity contribution < 1.29 is 9.53 Å². The molecule has 0 aliphatic carbocycles. The minimum atomic E-state index is -0.145. The zero-order valence-electron chi connectivity index (χ0n) is 9.22. The number of pyridine rings is 1. The molecule has 2 aromatic rings. The Morgan fingerprint density at radius 1 is 1.50 bits per heavy atom. The van der Waals surface area contributed by atoms with Crippen LogP contribution in [0.15, 0.2) is 30.7 Å². The molecular weight excluding hydrogens is 204 g/mol. The second-order valence-corrected chi connectivity index (χ2v) is 3.54. The highest BCUT2D eigenvalue weighted by Crippen LogP contribution is 2.07. The van der Waals surface area contributed by atoms with Gasteiger partial charge in [-0.2, -0.15) is 0 Å². The number of carbonyl (C=O) groups excluding carboxylic acids is 1. The second-order valence-electron chi connectivity index (χ2n) is 3.54. The molecule has 0 fully saturated rings. The number of fused-ring (bicyclic) bond motifs is 1. The number of aryl methyl sites for hydroxylation is 1. The van der Waals surface area contributed by atoms with Crippen LogP contribution in [0.4, 0.5) is 0 Å². The molecule has 0 aromatic carbocycles. The Balaban J connectivity index is 2.01. The molecule has 0 saturated heterocycles. The molecule has 0 aliphatic rings. The Kier molecular flexibility index (Phi) is 3.19. The van der Waals surface area contributed by atoms with Crippen LogP contribution in [0.3, 0.4) is 0 Å². The summed E-state index contributed by atoms with van der Waals surface area (Å²) in [5, 5.41) is 0. The largest absolute Gasteiger partial charge is 0.466 e. The normalized spacial score (nSPS) is 10.6. The maximum atomic E-state index is 11.2. The molecule has 0 atom stereocenters. The van der Waals surface area contributed by atoms with Gasteiger partial charge in [-0.05, 0) is 25.0 Å². The van der Waals surface area contributed by atoms with Gasteiger partial charge in [0.2, 0.25) is 0 Å². The van der Waals surface area contributed by atoms with E-state index >= 15 is 0 Å². The first-order valence-corrected chi connectivity index (χ1v) is 5.37. The molecule has 0 saturated carbocycles. The molecule has 0 bridgehead atoms. The Bertz CT molecular complexity index is 490. The van der Waals surface area contributed by atoms with E-state index < -0.39 is 0 Å². The van der Waals surface area contributed by atoms with Crippen molar-refractivity contribution >= 4 is 11.6 Å². The van der Waals surface area contributed by atoms with Gasteiger partial charge in [0.1, 0.15) is 5.65 Å². The van der Waals surface area contributed by atoms with Gasteiger partial charge in [0.05, 0.1) is 6.61 Å². The lowest BCUT2D eigenvalue weighted by Crippen LogP contribution is -2.05. The average Bonchev–Trinajstić information content (AvgIpc) is 2.74. The fourth-order valence-electron chi connectivity index (χ4n) is 1.59. The van der Waals surface area contributed by atoms with Crippen molar-refractivity contribution in [1.82, 2.24) is 9.38 Å². The maximum Gasteiger partial charge on any atom is 0.306 e. The Hall–Kier alpha value is -1.84. The number of carbonyl (C=O) groups is 1. The molecule has 4 heteroatoms. The number of esters is 1. The lowest BCUT2D eigenvalue weighted by molar-refractivity contribution is -0.143. The van der Waals surface area contributed by atoms with Crippen LogP contribution in [0.2, 0.25) is 0 Å². The van der Waals surface area contributed by atoms with Crippen LogP contribution in [-0.2, 0) is 16.0 Å². The molecule has 84 valence electrons. The predicted molar refractivity (Wildman–Crippen MR) is 60.1 cm³/mol. The molecular formula is C12H14N2O2. The Morgan fingerprint density at radius 3 is 3.19 bits per heavy atom. The third-order valence-electron chi connectivity index (χ3n) is 2.37. The van der Waals surface area contributed by atoms with Crippen molar-refractivity contribution in [3.05, 3.63) is 36.3 Å². The summed E-state index contributed by atoms with van der Waals surface area (Å²) < 4.78 is 6.82. The highest BCUT2D eigenvalue weighted by atomic mass is 16.5. The van der Waals surface area contributed by atoms with Crippen molar-refractivity contribution in [3.63, 3.8) is 0 Å². The smallest absolute Gasteiger partial charge is 0.306 e. The van der Waals surface area contributed by atoms with E-state index in [9.17, 15) is 4.79 Å². The van der Waals surface area contributed by atoms with Gasteiger partial charge < -0.3 is 9.14 Å². The van der Waals surface area contributed by atoms with Crippen LogP contribution in [0.5, 0.6) is 0 Å². The molecule has 0 spiro atoms. The summed E-state index contributed by atoms with van der Waals surface area (Å²) in [5.74, 6) is -0.145. The fraction of sp³-hybridized carbons (Fsp3) is 0.333. The number of hydrogen-bond acceptors (Lipinski definition) is 3. The van der Waals surface area contributed by atoms with Gasteiger partial charge >= 0.3 is 5.97 Å². The number of rotatable bonds is 4. The predicted octanol–water partition coefficient (Wildman–Crippen LogP) is 1.83. The minimum absolute atomic E-state index is 0.145. The highest BCUT2D eigenvalue weighted by Gasteiger charge is 2.03. The van der Waals surface area contributed by atoms with Crippen molar-refractivity contribution in [1.29, 1.82) is 0 Å². The summed E-state index contributed by atoms with van der Waals surface area (Å²) in [7, 11) is 0.